The standard InChI is InChI=1S/C24H34N2O5/c1-4-13-31-20-9-7-19(8-10-20)21-22(25-11-5-6-18(15-25)16-27)24(29)26(23(21)28)12-14-30-17(2)3/h7-10,17-18,27H,4-6,11-16H2,1-3H3. The summed E-state index contributed by atoms with van der Waals surface area (Å²) in [4.78, 5) is 29.9. The van der Waals surface area contributed by atoms with E-state index in [4.69, 9.17) is 9.47 Å². The first-order valence-corrected chi connectivity index (χ1v) is 11.3. The van der Waals surface area contributed by atoms with Crippen LogP contribution < -0.4 is 4.74 Å². The molecule has 1 N–H and O–H groups in total. The fourth-order valence-electron chi connectivity index (χ4n) is 4.05. The van der Waals surface area contributed by atoms with Gasteiger partial charge in [-0.25, -0.2) is 0 Å². The number of piperidine rings is 1. The summed E-state index contributed by atoms with van der Waals surface area (Å²) >= 11 is 0. The highest BCUT2D eigenvalue weighted by molar-refractivity contribution is 6.35. The summed E-state index contributed by atoms with van der Waals surface area (Å²) in [5.41, 5.74) is 1.57. The van der Waals surface area contributed by atoms with Crippen LogP contribution in [0.25, 0.3) is 5.57 Å². The average Bonchev–Trinajstić information content (AvgIpc) is 3.02. The lowest BCUT2D eigenvalue weighted by molar-refractivity contribution is -0.138. The molecule has 0 aromatic heterocycles. The summed E-state index contributed by atoms with van der Waals surface area (Å²) < 4.78 is 11.2. The van der Waals surface area contributed by atoms with Crippen molar-refractivity contribution in [2.75, 3.05) is 39.5 Å². The highest BCUT2D eigenvalue weighted by Gasteiger charge is 2.42. The predicted octanol–water partition coefficient (Wildman–Crippen LogP) is 2.68. The number of benzene rings is 1. The molecule has 2 heterocycles. The van der Waals surface area contributed by atoms with Gasteiger partial charge in [0.25, 0.3) is 11.8 Å². The number of likely N-dealkylation sites (tertiary alicyclic amines) is 1. The Kier molecular flexibility index (Phi) is 8.09. The Labute approximate surface area is 184 Å². The predicted molar refractivity (Wildman–Crippen MR) is 118 cm³/mol. The van der Waals surface area contributed by atoms with Gasteiger partial charge >= 0.3 is 0 Å². The number of hydrogen-bond donors (Lipinski definition) is 1. The number of amides is 2. The van der Waals surface area contributed by atoms with Gasteiger partial charge in [-0.15, -0.1) is 0 Å². The third kappa shape index (κ3) is 5.46. The van der Waals surface area contributed by atoms with Gasteiger partial charge < -0.3 is 19.5 Å². The second-order valence-corrected chi connectivity index (χ2v) is 8.41. The zero-order chi connectivity index (χ0) is 22.4. The van der Waals surface area contributed by atoms with Crippen molar-refractivity contribution in [2.45, 2.75) is 46.1 Å². The summed E-state index contributed by atoms with van der Waals surface area (Å²) in [7, 11) is 0. The van der Waals surface area contributed by atoms with Crippen LogP contribution in [-0.2, 0) is 14.3 Å². The SMILES string of the molecule is CCCOc1ccc(C2=C(N3CCCC(CO)C3)C(=O)N(CCOC(C)C)C2=O)cc1. The fourth-order valence-corrected chi connectivity index (χ4v) is 4.05. The number of rotatable bonds is 10. The van der Waals surface area contributed by atoms with Gasteiger partial charge in [-0.1, -0.05) is 19.1 Å². The van der Waals surface area contributed by atoms with Crippen molar-refractivity contribution in [1.82, 2.24) is 9.80 Å². The molecule has 1 aromatic carbocycles. The maximum atomic E-state index is 13.3. The van der Waals surface area contributed by atoms with Crippen LogP contribution in [0.4, 0.5) is 0 Å². The molecule has 7 heteroatoms. The monoisotopic (exact) mass is 430 g/mol. The molecule has 7 nitrogen and oxygen atoms in total. The topological polar surface area (TPSA) is 79.3 Å². The van der Waals surface area contributed by atoms with Crippen molar-refractivity contribution >= 4 is 17.4 Å². The van der Waals surface area contributed by atoms with Crippen LogP contribution in [0.5, 0.6) is 5.75 Å². The van der Waals surface area contributed by atoms with Crippen LogP contribution in [0.15, 0.2) is 30.0 Å². The van der Waals surface area contributed by atoms with Crippen LogP contribution in [0.2, 0.25) is 0 Å². The van der Waals surface area contributed by atoms with E-state index in [1.807, 2.05) is 49.9 Å². The summed E-state index contributed by atoms with van der Waals surface area (Å²) in [6.45, 7) is 8.40. The maximum Gasteiger partial charge on any atom is 0.277 e. The number of aliphatic hydroxyl groups is 1. The molecule has 2 amide bonds. The number of imide groups is 1. The smallest absolute Gasteiger partial charge is 0.277 e. The molecule has 0 radical (unpaired) electrons. The first kappa shape index (κ1) is 23.3. The molecule has 2 aliphatic rings. The third-order valence-corrected chi connectivity index (χ3v) is 5.62. The van der Waals surface area contributed by atoms with Crippen molar-refractivity contribution in [1.29, 1.82) is 0 Å². The molecule has 1 fully saturated rings. The maximum absolute atomic E-state index is 13.3. The Balaban J connectivity index is 1.91. The minimum Gasteiger partial charge on any atom is -0.494 e. The van der Waals surface area contributed by atoms with Crippen LogP contribution in [0.3, 0.4) is 0 Å². The molecule has 0 aliphatic carbocycles. The minimum absolute atomic E-state index is 0.0304. The Morgan fingerprint density at radius 1 is 1.13 bits per heavy atom. The summed E-state index contributed by atoms with van der Waals surface area (Å²) in [5.74, 6) is 0.275. The van der Waals surface area contributed by atoms with Crippen molar-refractivity contribution in [3.63, 3.8) is 0 Å². The molecule has 1 aromatic rings. The van der Waals surface area contributed by atoms with Gasteiger partial charge in [0.15, 0.2) is 0 Å². The number of aliphatic hydroxyl groups excluding tert-OH is 1. The Morgan fingerprint density at radius 2 is 1.87 bits per heavy atom. The van der Waals surface area contributed by atoms with Crippen LogP contribution >= 0.6 is 0 Å². The van der Waals surface area contributed by atoms with Crippen molar-refractivity contribution < 1.29 is 24.2 Å². The number of carbonyl (C=O) groups is 2. The van der Waals surface area contributed by atoms with E-state index in [0.717, 1.165) is 25.0 Å². The summed E-state index contributed by atoms with van der Waals surface area (Å²) in [6, 6.07) is 7.36. The molecule has 0 spiro atoms. The average molecular weight is 431 g/mol. The van der Waals surface area contributed by atoms with E-state index < -0.39 is 0 Å². The molecular formula is C24H34N2O5. The van der Waals surface area contributed by atoms with E-state index in [-0.39, 0.29) is 37.0 Å². The second-order valence-electron chi connectivity index (χ2n) is 8.41. The van der Waals surface area contributed by atoms with Gasteiger partial charge in [-0.2, -0.15) is 0 Å². The van der Waals surface area contributed by atoms with Crippen LogP contribution in [-0.4, -0.2) is 72.3 Å². The van der Waals surface area contributed by atoms with Crippen molar-refractivity contribution in [3.05, 3.63) is 35.5 Å². The number of hydrogen-bond acceptors (Lipinski definition) is 6. The van der Waals surface area contributed by atoms with Crippen molar-refractivity contribution in [3.8, 4) is 5.75 Å². The Bertz CT molecular complexity index is 803. The zero-order valence-electron chi connectivity index (χ0n) is 18.8. The molecule has 31 heavy (non-hydrogen) atoms. The minimum atomic E-state index is -0.291. The molecule has 2 aliphatic heterocycles. The number of ether oxygens (including phenoxy) is 2. The van der Waals surface area contributed by atoms with Gasteiger partial charge in [0, 0.05) is 19.7 Å². The van der Waals surface area contributed by atoms with Gasteiger partial charge in [0.2, 0.25) is 0 Å². The number of carbonyl (C=O) groups excluding carboxylic acids is 2. The van der Waals surface area contributed by atoms with Crippen molar-refractivity contribution in [2.24, 2.45) is 5.92 Å². The molecule has 3 rings (SSSR count). The van der Waals surface area contributed by atoms with E-state index in [0.29, 0.717) is 43.1 Å². The molecule has 0 bridgehead atoms. The van der Waals surface area contributed by atoms with E-state index in [2.05, 4.69) is 0 Å². The fraction of sp³-hybridized carbons (Fsp3) is 0.583. The first-order chi connectivity index (χ1) is 15.0. The molecular weight excluding hydrogens is 396 g/mol. The van der Waals surface area contributed by atoms with E-state index in [1.54, 1.807) is 0 Å². The van der Waals surface area contributed by atoms with Gasteiger partial charge in [0.05, 0.1) is 31.4 Å². The number of nitrogens with zero attached hydrogens (tertiary/aromatic N) is 2. The van der Waals surface area contributed by atoms with E-state index in [1.165, 1.54) is 4.90 Å². The van der Waals surface area contributed by atoms with E-state index in [9.17, 15) is 14.7 Å². The normalized spacial score (nSPS) is 19.7. The first-order valence-electron chi connectivity index (χ1n) is 11.3. The lowest BCUT2D eigenvalue weighted by Crippen LogP contribution is -2.41. The summed E-state index contributed by atoms with van der Waals surface area (Å²) in [6.07, 6.45) is 2.75. The second kappa shape index (κ2) is 10.8. The molecule has 0 saturated carbocycles. The van der Waals surface area contributed by atoms with Crippen LogP contribution in [0.1, 0.15) is 45.6 Å². The van der Waals surface area contributed by atoms with Gasteiger partial charge in [-0.3, -0.25) is 14.5 Å². The Morgan fingerprint density at radius 3 is 2.52 bits per heavy atom. The van der Waals surface area contributed by atoms with E-state index >= 15 is 0 Å². The largest absolute Gasteiger partial charge is 0.494 e. The van der Waals surface area contributed by atoms with Crippen LogP contribution in [0, 0.1) is 5.92 Å². The Hall–Kier alpha value is -2.38. The third-order valence-electron chi connectivity index (χ3n) is 5.62. The zero-order valence-corrected chi connectivity index (χ0v) is 18.8. The quantitative estimate of drug-likeness (QED) is 0.575. The highest BCUT2D eigenvalue weighted by Crippen LogP contribution is 2.34. The highest BCUT2D eigenvalue weighted by atomic mass is 16.5. The molecule has 170 valence electrons. The molecule has 1 unspecified atom stereocenters. The molecule has 1 atom stereocenters. The lowest BCUT2D eigenvalue weighted by Gasteiger charge is -2.34. The van der Waals surface area contributed by atoms with Gasteiger partial charge in [-0.05, 0) is 56.7 Å². The molecule has 1 saturated heterocycles. The lowest BCUT2D eigenvalue weighted by atomic mass is 9.97. The van der Waals surface area contributed by atoms with Gasteiger partial charge in [0.1, 0.15) is 11.4 Å². The summed E-state index contributed by atoms with van der Waals surface area (Å²) in [5, 5.41) is 9.64.